The number of aliphatic hydroxyl groups excluding tert-OH is 1. The predicted octanol–water partition coefficient (Wildman–Crippen LogP) is 1.91. The molecule has 0 spiro atoms. The van der Waals surface area contributed by atoms with Gasteiger partial charge in [-0.05, 0) is 38.7 Å². The van der Waals surface area contributed by atoms with Gasteiger partial charge in [0.15, 0.2) is 0 Å². The van der Waals surface area contributed by atoms with Crippen molar-refractivity contribution in [3.05, 3.63) is 35.9 Å². The maximum atomic E-state index is 13.1. The number of ether oxygens (including phenoxy) is 2. The highest BCUT2D eigenvalue weighted by Crippen LogP contribution is 2.22. The lowest BCUT2D eigenvalue weighted by Gasteiger charge is -2.29. The third kappa shape index (κ3) is 7.19. The summed E-state index contributed by atoms with van der Waals surface area (Å²) < 4.78 is 10.5. The van der Waals surface area contributed by atoms with Crippen molar-refractivity contribution in [3.8, 4) is 0 Å². The van der Waals surface area contributed by atoms with Crippen LogP contribution in [0.4, 0.5) is 4.79 Å². The third-order valence-electron chi connectivity index (χ3n) is 5.16. The number of methoxy groups -OCH3 is 1. The van der Waals surface area contributed by atoms with Crippen LogP contribution in [-0.2, 0) is 20.7 Å². The van der Waals surface area contributed by atoms with Gasteiger partial charge in [-0.25, -0.2) is 4.79 Å². The topological polar surface area (TPSA) is 100 Å². The summed E-state index contributed by atoms with van der Waals surface area (Å²) in [5, 5.41) is 17.3. The van der Waals surface area contributed by atoms with Gasteiger partial charge in [0.2, 0.25) is 5.91 Å². The fraction of sp³-hybridized carbons (Fsp3) is 0.652. The molecule has 1 saturated heterocycles. The van der Waals surface area contributed by atoms with E-state index in [4.69, 9.17) is 9.47 Å². The van der Waals surface area contributed by atoms with Gasteiger partial charge in [0.05, 0.1) is 24.9 Å². The Morgan fingerprint density at radius 3 is 2.45 bits per heavy atom. The SMILES string of the molecule is COCCN1C(=O)C([C@H](O)[C@H](Cc2ccccc2)NC(=O)OC(C)(C)C)NC1C(C)C. The lowest BCUT2D eigenvalue weighted by molar-refractivity contribution is -0.133. The van der Waals surface area contributed by atoms with E-state index in [1.54, 1.807) is 32.8 Å². The molecule has 2 unspecified atom stereocenters. The van der Waals surface area contributed by atoms with Crippen molar-refractivity contribution in [2.24, 2.45) is 5.92 Å². The van der Waals surface area contributed by atoms with Crippen molar-refractivity contribution < 1.29 is 24.2 Å². The van der Waals surface area contributed by atoms with Crippen LogP contribution >= 0.6 is 0 Å². The minimum absolute atomic E-state index is 0.143. The van der Waals surface area contributed by atoms with Crippen LogP contribution in [0.5, 0.6) is 0 Å². The summed E-state index contributed by atoms with van der Waals surface area (Å²) in [5.41, 5.74) is 0.262. The second kappa shape index (κ2) is 10.9. The van der Waals surface area contributed by atoms with E-state index in [1.807, 2.05) is 44.2 Å². The fourth-order valence-electron chi connectivity index (χ4n) is 3.71. The fourth-order valence-corrected chi connectivity index (χ4v) is 3.71. The molecule has 0 saturated carbocycles. The number of carbonyl (C=O) groups is 2. The molecule has 8 nitrogen and oxygen atoms in total. The summed E-state index contributed by atoms with van der Waals surface area (Å²) in [7, 11) is 1.59. The lowest BCUT2D eigenvalue weighted by atomic mass is 9.96. The van der Waals surface area contributed by atoms with E-state index in [2.05, 4.69) is 10.6 Å². The Kier molecular flexibility index (Phi) is 8.85. The van der Waals surface area contributed by atoms with Crippen LogP contribution in [0.25, 0.3) is 0 Å². The number of alkyl carbamates (subject to hydrolysis) is 1. The van der Waals surface area contributed by atoms with Crippen LogP contribution in [0, 0.1) is 5.92 Å². The number of hydrogen-bond acceptors (Lipinski definition) is 6. The monoisotopic (exact) mass is 435 g/mol. The minimum atomic E-state index is -1.14. The number of nitrogens with one attached hydrogen (secondary N) is 2. The zero-order valence-electron chi connectivity index (χ0n) is 19.4. The summed E-state index contributed by atoms with van der Waals surface area (Å²) in [5.74, 6) is -0.0586. The molecule has 1 fully saturated rings. The van der Waals surface area contributed by atoms with Crippen molar-refractivity contribution in [1.82, 2.24) is 15.5 Å². The molecule has 2 rings (SSSR count). The summed E-state index contributed by atoms with van der Waals surface area (Å²) in [6, 6.07) is 7.98. The largest absolute Gasteiger partial charge is 0.444 e. The molecule has 3 N–H and O–H groups in total. The van der Waals surface area contributed by atoms with Crippen LogP contribution in [0.1, 0.15) is 40.2 Å². The van der Waals surface area contributed by atoms with E-state index in [0.29, 0.717) is 19.6 Å². The van der Waals surface area contributed by atoms with E-state index in [0.717, 1.165) is 5.56 Å². The van der Waals surface area contributed by atoms with Gasteiger partial charge in [0.25, 0.3) is 0 Å². The van der Waals surface area contributed by atoms with E-state index < -0.39 is 29.9 Å². The number of rotatable bonds is 9. The molecule has 1 heterocycles. The highest BCUT2D eigenvalue weighted by molar-refractivity contribution is 5.85. The van der Waals surface area contributed by atoms with E-state index in [-0.39, 0.29) is 18.0 Å². The number of aliphatic hydroxyl groups is 1. The maximum Gasteiger partial charge on any atom is 0.407 e. The zero-order chi connectivity index (χ0) is 23.2. The van der Waals surface area contributed by atoms with Gasteiger partial charge in [0.1, 0.15) is 11.6 Å². The molecule has 1 aliphatic heterocycles. The molecule has 1 aromatic carbocycles. The first-order chi connectivity index (χ1) is 14.5. The number of amides is 2. The number of nitrogens with zero attached hydrogens (tertiary/aromatic N) is 1. The average molecular weight is 436 g/mol. The molecule has 174 valence electrons. The standard InChI is InChI=1S/C23H37N3O5/c1-15(2)20-25-18(21(28)26(20)12-13-30-6)19(27)17(14-16-10-8-7-9-11-16)24-22(29)31-23(3,4)5/h7-11,15,17-20,25,27H,12-14H2,1-6H3,(H,24,29)/t17-,18?,19+,20?/m0/s1. The van der Waals surface area contributed by atoms with Crippen molar-refractivity contribution >= 4 is 12.0 Å². The summed E-state index contributed by atoms with van der Waals surface area (Å²) >= 11 is 0. The minimum Gasteiger partial charge on any atom is -0.444 e. The molecule has 0 bridgehead atoms. The van der Waals surface area contributed by atoms with Crippen LogP contribution in [0.15, 0.2) is 30.3 Å². The van der Waals surface area contributed by atoms with Crippen LogP contribution in [0.2, 0.25) is 0 Å². The number of benzene rings is 1. The van der Waals surface area contributed by atoms with Crippen LogP contribution in [-0.4, -0.2) is 72.2 Å². The molecular formula is C23H37N3O5. The third-order valence-corrected chi connectivity index (χ3v) is 5.16. The first-order valence-corrected chi connectivity index (χ1v) is 10.8. The second-order valence-electron chi connectivity index (χ2n) is 9.29. The molecule has 4 atom stereocenters. The highest BCUT2D eigenvalue weighted by Gasteiger charge is 2.46. The van der Waals surface area contributed by atoms with E-state index in [1.165, 1.54) is 0 Å². The van der Waals surface area contributed by atoms with Gasteiger partial charge in [0, 0.05) is 13.7 Å². The van der Waals surface area contributed by atoms with Crippen molar-refractivity contribution in [2.75, 3.05) is 20.3 Å². The average Bonchev–Trinajstić information content (AvgIpc) is 3.01. The van der Waals surface area contributed by atoms with Crippen molar-refractivity contribution in [3.63, 3.8) is 0 Å². The summed E-state index contributed by atoms with van der Waals surface area (Å²) in [4.78, 5) is 27.3. The van der Waals surface area contributed by atoms with E-state index in [9.17, 15) is 14.7 Å². The molecule has 31 heavy (non-hydrogen) atoms. The van der Waals surface area contributed by atoms with Gasteiger partial charge in [-0.2, -0.15) is 0 Å². The predicted molar refractivity (Wildman–Crippen MR) is 118 cm³/mol. The second-order valence-corrected chi connectivity index (χ2v) is 9.29. The Hall–Kier alpha value is -2.16. The Bertz CT molecular complexity index is 720. The van der Waals surface area contributed by atoms with E-state index >= 15 is 0 Å². The molecule has 1 aliphatic rings. The van der Waals surface area contributed by atoms with Crippen molar-refractivity contribution in [2.45, 2.75) is 71.0 Å². The maximum absolute atomic E-state index is 13.1. The van der Waals surface area contributed by atoms with Gasteiger partial charge in [-0.3, -0.25) is 10.1 Å². The Labute approximate surface area is 185 Å². The Balaban J connectivity index is 2.22. The number of carbonyl (C=O) groups excluding carboxylic acids is 2. The first kappa shape index (κ1) is 25.1. The van der Waals surface area contributed by atoms with Gasteiger partial charge in [-0.15, -0.1) is 0 Å². The zero-order valence-corrected chi connectivity index (χ0v) is 19.4. The molecular weight excluding hydrogens is 398 g/mol. The molecule has 2 amide bonds. The molecule has 0 aromatic heterocycles. The molecule has 8 heteroatoms. The van der Waals surface area contributed by atoms with Crippen LogP contribution in [0.3, 0.4) is 0 Å². The quantitative estimate of drug-likeness (QED) is 0.548. The van der Waals surface area contributed by atoms with Crippen LogP contribution < -0.4 is 10.6 Å². The lowest BCUT2D eigenvalue weighted by Crippen LogP contribution is -2.55. The molecule has 0 aliphatic carbocycles. The number of hydrogen-bond donors (Lipinski definition) is 3. The van der Waals surface area contributed by atoms with Gasteiger partial charge in [-0.1, -0.05) is 44.2 Å². The highest BCUT2D eigenvalue weighted by atomic mass is 16.6. The summed E-state index contributed by atoms with van der Waals surface area (Å²) in [6.07, 6.45) is -1.64. The van der Waals surface area contributed by atoms with Gasteiger partial charge >= 0.3 is 6.09 Å². The Morgan fingerprint density at radius 1 is 1.26 bits per heavy atom. The molecule has 1 aromatic rings. The summed E-state index contributed by atoms with van der Waals surface area (Å²) in [6.45, 7) is 10.2. The Morgan fingerprint density at radius 2 is 1.90 bits per heavy atom. The normalized spacial score (nSPS) is 21.3. The smallest absolute Gasteiger partial charge is 0.407 e. The molecule has 0 radical (unpaired) electrons. The van der Waals surface area contributed by atoms with Gasteiger partial charge < -0.3 is 24.8 Å². The first-order valence-electron chi connectivity index (χ1n) is 10.8. The van der Waals surface area contributed by atoms with Crippen molar-refractivity contribution in [1.29, 1.82) is 0 Å².